The third-order valence-electron chi connectivity index (χ3n) is 4.32. The summed E-state index contributed by atoms with van der Waals surface area (Å²) in [5.74, 6) is 1.16. The summed E-state index contributed by atoms with van der Waals surface area (Å²) in [5.41, 5.74) is 11.8. The minimum absolute atomic E-state index is 0.0882. The van der Waals surface area contributed by atoms with E-state index in [2.05, 4.69) is 5.32 Å². The SMILES string of the molecule is CCSCCC(N)C(O)C(=O)NCCCCC(=O)CN(C(N)=O)c1ccccc1. The topological polar surface area (TPSA) is 139 Å². The molecule has 2 unspecified atom stereocenters. The Bertz CT molecular complexity index is 645. The number of nitrogens with two attached hydrogens (primary N) is 2. The highest BCUT2D eigenvalue weighted by atomic mass is 32.2. The van der Waals surface area contributed by atoms with Gasteiger partial charge in [0.2, 0.25) is 5.91 Å². The maximum absolute atomic E-state index is 12.2. The zero-order valence-corrected chi connectivity index (χ0v) is 17.7. The number of urea groups is 1. The molecule has 0 radical (unpaired) electrons. The monoisotopic (exact) mass is 424 g/mol. The van der Waals surface area contributed by atoms with Crippen LogP contribution in [0.15, 0.2) is 30.3 Å². The van der Waals surface area contributed by atoms with Crippen molar-refractivity contribution in [3.8, 4) is 0 Å². The second-order valence-electron chi connectivity index (χ2n) is 6.64. The lowest BCUT2D eigenvalue weighted by Crippen LogP contribution is -2.46. The Morgan fingerprint density at radius 2 is 1.90 bits per heavy atom. The summed E-state index contributed by atoms with van der Waals surface area (Å²) in [6.07, 6.45) is 0.731. The molecular formula is C20H32N4O4S. The molecular weight excluding hydrogens is 392 g/mol. The van der Waals surface area contributed by atoms with Crippen molar-refractivity contribution in [3.05, 3.63) is 30.3 Å². The molecule has 1 aromatic carbocycles. The van der Waals surface area contributed by atoms with E-state index in [4.69, 9.17) is 11.5 Å². The Labute approximate surface area is 176 Å². The summed E-state index contributed by atoms with van der Waals surface area (Å²) in [6, 6.07) is 7.50. The van der Waals surface area contributed by atoms with Crippen molar-refractivity contribution in [3.63, 3.8) is 0 Å². The van der Waals surface area contributed by atoms with Crippen LogP contribution in [0.3, 0.4) is 0 Å². The molecule has 0 bridgehead atoms. The van der Waals surface area contributed by atoms with Crippen LogP contribution in [0.25, 0.3) is 0 Å². The number of carbonyl (C=O) groups excluding carboxylic acids is 3. The largest absolute Gasteiger partial charge is 0.382 e. The average molecular weight is 425 g/mol. The molecule has 0 heterocycles. The first-order chi connectivity index (χ1) is 13.9. The van der Waals surface area contributed by atoms with Crippen LogP contribution in [-0.2, 0) is 9.59 Å². The minimum atomic E-state index is -1.23. The number of aliphatic hydroxyl groups excluding tert-OH is 1. The molecule has 9 heteroatoms. The van der Waals surface area contributed by atoms with Gasteiger partial charge >= 0.3 is 6.03 Å². The predicted octanol–water partition coefficient (Wildman–Crippen LogP) is 1.26. The smallest absolute Gasteiger partial charge is 0.319 e. The number of thioether (sulfide) groups is 1. The molecule has 8 nitrogen and oxygen atoms in total. The number of unbranched alkanes of at least 4 members (excludes halogenated alkanes) is 1. The van der Waals surface area contributed by atoms with Crippen molar-refractivity contribution in [2.24, 2.45) is 11.5 Å². The van der Waals surface area contributed by atoms with E-state index in [1.54, 1.807) is 36.0 Å². The lowest BCUT2D eigenvalue weighted by Gasteiger charge is -2.19. The molecule has 162 valence electrons. The van der Waals surface area contributed by atoms with Gasteiger partial charge in [0.1, 0.15) is 6.10 Å². The fourth-order valence-corrected chi connectivity index (χ4v) is 3.37. The van der Waals surface area contributed by atoms with E-state index < -0.39 is 24.1 Å². The maximum atomic E-state index is 12.2. The molecule has 1 aromatic rings. The number of aliphatic hydroxyl groups is 1. The summed E-state index contributed by atoms with van der Waals surface area (Å²) in [7, 11) is 0. The number of amides is 3. The van der Waals surface area contributed by atoms with E-state index in [-0.39, 0.29) is 18.7 Å². The summed E-state index contributed by atoms with van der Waals surface area (Å²) in [5, 5.41) is 12.6. The van der Waals surface area contributed by atoms with Gasteiger partial charge in [-0.25, -0.2) is 4.79 Å². The fourth-order valence-electron chi connectivity index (χ4n) is 2.64. The van der Waals surface area contributed by atoms with Crippen molar-refractivity contribution in [2.45, 2.75) is 44.8 Å². The Morgan fingerprint density at radius 3 is 2.52 bits per heavy atom. The van der Waals surface area contributed by atoms with Gasteiger partial charge in [-0.2, -0.15) is 11.8 Å². The highest BCUT2D eigenvalue weighted by Crippen LogP contribution is 2.13. The Morgan fingerprint density at radius 1 is 1.21 bits per heavy atom. The number of nitrogens with one attached hydrogen (secondary N) is 1. The van der Waals surface area contributed by atoms with Crippen LogP contribution in [0, 0.1) is 0 Å². The summed E-state index contributed by atoms with van der Waals surface area (Å²) >= 11 is 1.71. The molecule has 29 heavy (non-hydrogen) atoms. The normalized spacial score (nSPS) is 12.8. The Kier molecular flexibility index (Phi) is 12.0. The molecule has 3 amide bonds. The van der Waals surface area contributed by atoms with Crippen LogP contribution in [-0.4, -0.2) is 59.6 Å². The first-order valence-corrected chi connectivity index (χ1v) is 10.9. The first kappa shape index (κ1) is 24.9. The van der Waals surface area contributed by atoms with E-state index in [0.29, 0.717) is 31.5 Å². The number of ketones is 1. The average Bonchev–Trinajstić information content (AvgIpc) is 2.71. The molecule has 0 spiro atoms. The van der Waals surface area contributed by atoms with Crippen LogP contribution in [0.5, 0.6) is 0 Å². The number of primary amides is 1. The van der Waals surface area contributed by atoms with Gasteiger partial charge in [-0.1, -0.05) is 25.1 Å². The molecule has 0 aliphatic heterocycles. The number of para-hydroxylation sites is 1. The predicted molar refractivity (Wildman–Crippen MR) is 117 cm³/mol. The second kappa shape index (κ2) is 14.0. The second-order valence-corrected chi connectivity index (χ2v) is 8.03. The standard InChI is InChI=1S/C20H32N4O4S/c1-2-29-13-11-17(21)18(26)19(27)23-12-7-6-10-16(25)14-24(20(22)28)15-8-4-3-5-9-15/h3-5,8-9,17-18,26H,2,6-7,10-14,21H2,1H3,(H2,22,28)(H,23,27). The van der Waals surface area contributed by atoms with Gasteiger partial charge in [0.15, 0.2) is 5.78 Å². The summed E-state index contributed by atoms with van der Waals surface area (Å²) in [6.45, 7) is 2.30. The number of carbonyl (C=O) groups is 3. The van der Waals surface area contributed by atoms with E-state index >= 15 is 0 Å². The number of anilines is 1. The molecule has 0 aliphatic rings. The van der Waals surface area contributed by atoms with Crippen molar-refractivity contribution in [2.75, 3.05) is 29.5 Å². The maximum Gasteiger partial charge on any atom is 0.319 e. The summed E-state index contributed by atoms with van der Waals surface area (Å²) in [4.78, 5) is 36.9. The lowest BCUT2D eigenvalue weighted by molar-refractivity contribution is -0.130. The van der Waals surface area contributed by atoms with Gasteiger partial charge in [-0.15, -0.1) is 0 Å². The van der Waals surface area contributed by atoms with Crippen LogP contribution in [0.2, 0.25) is 0 Å². The number of rotatable bonds is 14. The van der Waals surface area contributed by atoms with Crippen LogP contribution < -0.4 is 21.7 Å². The van der Waals surface area contributed by atoms with Gasteiger partial charge in [0, 0.05) is 24.7 Å². The lowest BCUT2D eigenvalue weighted by atomic mass is 10.1. The van der Waals surface area contributed by atoms with Crippen LogP contribution in [0.1, 0.15) is 32.6 Å². The van der Waals surface area contributed by atoms with E-state index in [0.717, 1.165) is 11.5 Å². The summed E-state index contributed by atoms with van der Waals surface area (Å²) < 4.78 is 0. The number of nitrogens with zero attached hydrogens (tertiary/aromatic N) is 1. The van der Waals surface area contributed by atoms with Gasteiger partial charge in [0.25, 0.3) is 0 Å². The molecule has 0 aromatic heterocycles. The van der Waals surface area contributed by atoms with Crippen LogP contribution >= 0.6 is 11.8 Å². The highest BCUT2D eigenvalue weighted by Gasteiger charge is 2.22. The Balaban J connectivity index is 2.27. The van der Waals surface area contributed by atoms with Crippen molar-refractivity contribution >= 4 is 35.2 Å². The minimum Gasteiger partial charge on any atom is -0.382 e. The third kappa shape index (κ3) is 9.78. The van der Waals surface area contributed by atoms with Crippen molar-refractivity contribution in [1.82, 2.24) is 5.32 Å². The number of hydrogen-bond acceptors (Lipinski definition) is 6. The first-order valence-electron chi connectivity index (χ1n) is 9.79. The van der Waals surface area contributed by atoms with E-state index in [9.17, 15) is 19.5 Å². The number of Topliss-reactive ketones (excluding diaryl/α,β-unsaturated/α-hetero) is 1. The highest BCUT2D eigenvalue weighted by molar-refractivity contribution is 7.99. The molecule has 0 fully saturated rings. The molecule has 0 saturated carbocycles. The van der Waals surface area contributed by atoms with Gasteiger partial charge in [-0.05, 0) is 42.9 Å². The van der Waals surface area contributed by atoms with Crippen molar-refractivity contribution in [1.29, 1.82) is 0 Å². The van der Waals surface area contributed by atoms with E-state index in [1.807, 2.05) is 13.0 Å². The third-order valence-corrected chi connectivity index (χ3v) is 5.26. The fraction of sp³-hybridized carbons (Fsp3) is 0.550. The molecule has 0 aliphatic carbocycles. The molecule has 6 N–H and O–H groups in total. The molecule has 2 atom stereocenters. The number of benzene rings is 1. The zero-order valence-electron chi connectivity index (χ0n) is 16.9. The number of hydrogen-bond donors (Lipinski definition) is 4. The zero-order chi connectivity index (χ0) is 21.6. The van der Waals surface area contributed by atoms with Crippen molar-refractivity contribution < 1.29 is 19.5 Å². The molecule has 0 saturated heterocycles. The van der Waals surface area contributed by atoms with Crippen LogP contribution in [0.4, 0.5) is 10.5 Å². The van der Waals surface area contributed by atoms with Gasteiger partial charge in [-0.3, -0.25) is 14.5 Å². The Hall–Kier alpha value is -2.10. The van der Waals surface area contributed by atoms with Gasteiger partial charge in [0.05, 0.1) is 6.54 Å². The van der Waals surface area contributed by atoms with E-state index in [1.165, 1.54) is 4.90 Å². The van der Waals surface area contributed by atoms with Gasteiger partial charge < -0.3 is 21.9 Å². The quantitative estimate of drug-likeness (QED) is 0.332. The molecule has 1 rings (SSSR count).